The van der Waals surface area contributed by atoms with E-state index in [1.54, 1.807) is 36.5 Å². The maximum Gasteiger partial charge on any atom is 0.326 e. The molecule has 4 rings (SSSR count). The van der Waals surface area contributed by atoms with Crippen LogP contribution in [0.5, 0.6) is 0 Å². The van der Waals surface area contributed by atoms with Crippen LogP contribution in [0, 0.1) is 0 Å². The molecule has 2 heterocycles. The second-order valence-electron chi connectivity index (χ2n) is 6.61. The number of carboxylic acids is 1. The molecule has 1 aromatic heterocycles. The molecule has 1 saturated heterocycles. The number of aliphatic carboxylic acids is 1. The van der Waals surface area contributed by atoms with Crippen molar-refractivity contribution in [3.8, 4) is 22.5 Å². The Morgan fingerprint density at radius 1 is 1.11 bits per heavy atom. The first kappa shape index (κ1) is 18.3. The van der Waals surface area contributed by atoms with Crippen LogP contribution in [-0.2, 0) is 4.79 Å². The Hall–Kier alpha value is -3.12. The average Bonchev–Trinajstić information content (AvgIpc) is 3.39. The number of aromatic nitrogens is 1. The molecule has 1 amide bonds. The Balaban J connectivity index is 1.81. The lowest BCUT2D eigenvalue weighted by Gasteiger charge is -2.22. The predicted molar refractivity (Wildman–Crippen MR) is 104 cm³/mol. The predicted octanol–water partition coefficient (Wildman–Crippen LogP) is 4.35. The fourth-order valence-corrected chi connectivity index (χ4v) is 3.82. The summed E-state index contributed by atoms with van der Waals surface area (Å²) in [7, 11) is 0. The number of hydrogen-bond donors (Lipinski definition) is 1. The van der Waals surface area contributed by atoms with Crippen LogP contribution >= 0.6 is 11.6 Å². The van der Waals surface area contributed by atoms with E-state index in [4.69, 9.17) is 16.1 Å². The summed E-state index contributed by atoms with van der Waals surface area (Å²) in [5.41, 5.74) is 2.63. The lowest BCUT2D eigenvalue weighted by Crippen LogP contribution is -2.40. The molecule has 2 aromatic carbocycles. The molecule has 0 spiro atoms. The van der Waals surface area contributed by atoms with Gasteiger partial charge in [0.15, 0.2) is 5.76 Å². The highest BCUT2D eigenvalue weighted by molar-refractivity contribution is 6.33. The van der Waals surface area contributed by atoms with Gasteiger partial charge in [-0.25, -0.2) is 4.79 Å². The van der Waals surface area contributed by atoms with E-state index < -0.39 is 12.0 Å². The lowest BCUT2D eigenvalue weighted by atomic mass is 9.95. The van der Waals surface area contributed by atoms with Crippen LogP contribution in [0.1, 0.15) is 23.2 Å². The Bertz CT molecular complexity index is 1030. The number of benzene rings is 2. The van der Waals surface area contributed by atoms with E-state index in [2.05, 4.69) is 5.16 Å². The van der Waals surface area contributed by atoms with Crippen molar-refractivity contribution in [1.29, 1.82) is 0 Å². The molecule has 0 bridgehead atoms. The number of carboxylic acid groups (broad SMARTS) is 1. The van der Waals surface area contributed by atoms with E-state index in [1.165, 1.54) is 4.90 Å². The molecule has 0 radical (unpaired) electrons. The van der Waals surface area contributed by atoms with Crippen molar-refractivity contribution >= 4 is 23.5 Å². The van der Waals surface area contributed by atoms with Gasteiger partial charge in [-0.15, -0.1) is 0 Å². The Morgan fingerprint density at radius 2 is 1.93 bits per heavy atom. The average molecular weight is 397 g/mol. The molecule has 6 nitrogen and oxygen atoms in total. The molecule has 7 heteroatoms. The van der Waals surface area contributed by atoms with Gasteiger partial charge >= 0.3 is 5.97 Å². The molecule has 3 aromatic rings. The van der Waals surface area contributed by atoms with E-state index in [1.807, 2.05) is 18.2 Å². The van der Waals surface area contributed by atoms with Gasteiger partial charge in [0.2, 0.25) is 0 Å². The van der Waals surface area contributed by atoms with Gasteiger partial charge in [-0.1, -0.05) is 35.0 Å². The minimum atomic E-state index is -0.976. The molecule has 28 heavy (non-hydrogen) atoms. The zero-order valence-corrected chi connectivity index (χ0v) is 15.6. The number of likely N-dealkylation sites (tertiary alicyclic amines) is 1. The standard InChI is InChI=1S/C21H17ClN2O4/c22-17-5-2-1-4-14(17)16-12-13(7-8-15(16)19-9-10-23-28-19)20(25)24-11-3-6-18(24)21(26)27/h1-2,4-5,7-10,12,18H,3,6,11H2,(H,26,27). The summed E-state index contributed by atoms with van der Waals surface area (Å²) >= 11 is 6.40. The van der Waals surface area contributed by atoms with Crippen molar-refractivity contribution in [1.82, 2.24) is 10.1 Å². The summed E-state index contributed by atoms with van der Waals surface area (Å²) in [4.78, 5) is 25.9. The van der Waals surface area contributed by atoms with E-state index in [0.29, 0.717) is 35.7 Å². The molecule has 1 N–H and O–H groups in total. The van der Waals surface area contributed by atoms with Crippen LogP contribution in [0.15, 0.2) is 59.3 Å². The number of nitrogens with zero attached hydrogens (tertiary/aromatic N) is 2. The van der Waals surface area contributed by atoms with Gasteiger partial charge in [0.25, 0.3) is 5.91 Å². The molecule has 0 saturated carbocycles. The molecular weight excluding hydrogens is 380 g/mol. The van der Waals surface area contributed by atoms with E-state index in [-0.39, 0.29) is 5.91 Å². The van der Waals surface area contributed by atoms with Crippen molar-refractivity contribution in [3.63, 3.8) is 0 Å². The fourth-order valence-electron chi connectivity index (χ4n) is 3.58. The fraction of sp³-hybridized carbons (Fsp3) is 0.190. The summed E-state index contributed by atoms with van der Waals surface area (Å²) in [6.07, 6.45) is 2.69. The lowest BCUT2D eigenvalue weighted by molar-refractivity contribution is -0.141. The topological polar surface area (TPSA) is 83.6 Å². The first-order chi connectivity index (χ1) is 13.6. The first-order valence-corrected chi connectivity index (χ1v) is 9.28. The zero-order valence-electron chi connectivity index (χ0n) is 14.8. The minimum Gasteiger partial charge on any atom is -0.480 e. The van der Waals surface area contributed by atoms with Gasteiger partial charge in [0, 0.05) is 34.3 Å². The highest BCUT2D eigenvalue weighted by atomic mass is 35.5. The van der Waals surface area contributed by atoms with Crippen molar-refractivity contribution in [2.45, 2.75) is 18.9 Å². The van der Waals surface area contributed by atoms with Gasteiger partial charge in [-0.3, -0.25) is 4.79 Å². The van der Waals surface area contributed by atoms with Gasteiger partial charge in [-0.05, 0) is 42.7 Å². The third kappa shape index (κ3) is 3.27. The van der Waals surface area contributed by atoms with Crippen molar-refractivity contribution in [2.75, 3.05) is 6.54 Å². The van der Waals surface area contributed by atoms with Crippen LogP contribution < -0.4 is 0 Å². The van der Waals surface area contributed by atoms with Crippen molar-refractivity contribution in [3.05, 3.63) is 65.3 Å². The molecule has 1 unspecified atom stereocenters. The van der Waals surface area contributed by atoms with Crippen LogP contribution in [0.25, 0.3) is 22.5 Å². The van der Waals surface area contributed by atoms with Crippen LogP contribution in [0.3, 0.4) is 0 Å². The quantitative estimate of drug-likeness (QED) is 0.708. The minimum absolute atomic E-state index is 0.303. The number of hydrogen-bond acceptors (Lipinski definition) is 4. The molecular formula is C21H17ClN2O4. The number of amides is 1. The van der Waals surface area contributed by atoms with Gasteiger partial charge in [-0.2, -0.15) is 0 Å². The molecule has 1 aliphatic rings. The number of rotatable bonds is 4. The van der Waals surface area contributed by atoms with Gasteiger partial charge in [0.05, 0.1) is 6.20 Å². The van der Waals surface area contributed by atoms with Crippen molar-refractivity contribution in [2.24, 2.45) is 0 Å². The maximum atomic E-state index is 13.0. The largest absolute Gasteiger partial charge is 0.480 e. The van der Waals surface area contributed by atoms with Crippen LogP contribution in [0.2, 0.25) is 5.02 Å². The second kappa shape index (κ2) is 7.48. The Morgan fingerprint density at radius 3 is 2.64 bits per heavy atom. The maximum absolute atomic E-state index is 13.0. The number of halogens is 1. The molecule has 142 valence electrons. The third-order valence-corrected chi connectivity index (χ3v) is 5.26. The Labute approximate surface area is 166 Å². The third-order valence-electron chi connectivity index (χ3n) is 4.93. The molecule has 1 fully saturated rings. The molecule has 1 atom stereocenters. The van der Waals surface area contributed by atoms with Crippen LogP contribution in [-0.4, -0.2) is 39.6 Å². The SMILES string of the molecule is O=C(O)C1CCCN1C(=O)c1ccc(-c2ccno2)c(-c2ccccc2Cl)c1. The summed E-state index contributed by atoms with van der Waals surface area (Å²) in [5.74, 6) is -0.726. The Kier molecular flexibility index (Phi) is 4.88. The smallest absolute Gasteiger partial charge is 0.326 e. The summed E-state index contributed by atoms with van der Waals surface area (Å²) < 4.78 is 5.30. The van der Waals surface area contributed by atoms with Crippen LogP contribution in [0.4, 0.5) is 0 Å². The van der Waals surface area contributed by atoms with Crippen molar-refractivity contribution < 1.29 is 19.2 Å². The van der Waals surface area contributed by atoms with E-state index in [0.717, 1.165) is 16.7 Å². The highest BCUT2D eigenvalue weighted by Crippen LogP contribution is 2.37. The van der Waals surface area contributed by atoms with E-state index >= 15 is 0 Å². The monoisotopic (exact) mass is 396 g/mol. The summed E-state index contributed by atoms with van der Waals surface area (Å²) in [6.45, 7) is 0.432. The van der Waals surface area contributed by atoms with Gasteiger partial charge < -0.3 is 14.5 Å². The first-order valence-electron chi connectivity index (χ1n) is 8.90. The number of carbonyl (C=O) groups is 2. The number of carbonyl (C=O) groups excluding carboxylic acids is 1. The zero-order chi connectivity index (χ0) is 19.7. The molecule has 1 aliphatic heterocycles. The summed E-state index contributed by atoms with van der Waals surface area (Å²) in [5, 5.41) is 13.7. The highest BCUT2D eigenvalue weighted by Gasteiger charge is 2.34. The molecule has 0 aliphatic carbocycles. The normalized spacial score (nSPS) is 16.3. The summed E-state index contributed by atoms with van der Waals surface area (Å²) in [6, 6.07) is 13.5. The van der Waals surface area contributed by atoms with E-state index in [9.17, 15) is 14.7 Å². The second-order valence-corrected chi connectivity index (χ2v) is 7.02. The van der Waals surface area contributed by atoms with Gasteiger partial charge in [0.1, 0.15) is 6.04 Å².